The highest BCUT2D eigenvalue weighted by atomic mass is 19.4. The molecule has 1 aromatic carbocycles. The van der Waals surface area contributed by atoms with Crippen LogP contribution in [0.3, 0.4) is 0 Å². The monoisotopic (exact) mass is 231 g/mol. The second kappa shape index (κ2) is 5.27. The van der Waals surface area contributed by atoms with Gasteiger partial charge in [-0.25, -0.2) is 0 Å². The SMILES string of the molecule is [N-]=[N+]=NCCOc1ccccc1C(F)(F)F. The molecule has 4 nitrogen and oxygen atoms in total. The van der Waals surface area contributed by atoms with Gasteiger partial charge in [0.05, 0.1) is 18.7 Å². The number of halogens is 3. The summed E-state index contributed by atoms with van der Waals surface area (Å²) in [5, 5.41) is 3.15. The Balaban J connectivity index is 2.75. The van der Waals surface area contributed by atoms with E-state index in [1.54, 1.807) is 0 Å². The van der Waals surface area contributed by atoms with Crippen molar-refractivity contribution in [1.82, 2.24) is 0 Å². The maximum Gasteiger partial charge on any atom is 0.419 e. The summed E-state index contributed by atoms with van der Waals surface area (Å²) in [5.41, 5.74) is 7.13. The fraction of sp³-hybridized carbons (Fsp3) is 0.333. The van der Waals surface area contributed by atoms with Gasteiger partial charge in [0, 0.05) is 4.91 Å². The minimum absolute atomic E-state index is 0.0112. The lowest BCUT2D eigenvalue weighted by molar-refractivity contribution is -0.138. The Kier molecular flexibility index (Phi) is 4.02. The zero-order valence-electron chi connectivity index (χ0n) is 8.11. The summed E-state index contributed by atoms with van der Waals surface area (Å²) in [7, 11) is 0. The molecule has 0 radical (unpaired) electrons. The molecule has 0 saturated carbocycles. The molecule has 0 saturated heterocycles. The summed E-state index contributed by atoms with van der Waals surface area (Å²) in [5.74, 6) is -0.261. The van der Waals surface area contributed by atoms with Gasteiger partial charge in [-0.15, -0.1) is 0 Å². The highest BCUT2D eigenvalue weighted by Crippen LogP contribution is 2.35. The van der Waals surface area contributed by atoms with Crippen molar-refractivity contribution in [3.8, 4) is 5.75 Å². The van der Waals surface area contributed by atoms with Crippen LogP contribution in [0, 0.1) is 0 Å². The maximum absolute atomic E-state index is 12.5. The van der Waals surface area contributed by atoms with E-state index in [2.05, 4.69) is 10.0 Å². The molecule has 0 atom stereocenters. The summed E-state index contributed by atoms with van der Waals surface area (Å²) in [6.45, 7) is -0.0974. The van der Waals surface area contributed by atoms with Crippen LogP contribution in [-0.4, -0.2) is 13.2 Å². The Labute approximate surface area is 89.3 Å². The molecule has 0 N–H and O–H groups in total. The lowest BCUT2D eigenvalue weighted by Crippen LogP contribution is -2.10. The molecule has 1 rings (SSSR count). The Bertz CT molecular complexity index is 399. The summed E-state index contributed by atoms with van der Waals surface area (Å²) in [6.07, 6.45) is -4.45. The van der Waals surface area contributed by atoms with E-state index in [1.165, 1.54) is 18.2 Å². The molecular weight excluding hydrogens is 223 g/mol. The molecule has 0 fully saturated rings. The van der Waals surface area contributed by atoms with Crippen LogP contribution in [0.15, 0.2) is 29.4 Å². The Morgan fingerprint density at radius 2 is 2.00 bits per heavy atom. The standard InChI is InChI=1S/C9H8F3N3O/c10-9(11,12)7-3-1-2-4-8(7)16-6-5-14-15-13/h1-4H,5-6H2. The van der Waals surface area contributed by atoms with Crippen molar-refractivity contribution in [2.75, 3.05) is 13.2 Å². The minimum Gasteiger partial charge on any atom is -0.493 e. The molecule has 0 aliphatic rings. The third-order valence-corrected chi connectivity index (χ3v) is 1.70. The first-order valence-electron chi connectivity index (χ1n) is 4.35. The molecule has 0 spiro atoms. The van der Waals surface area contributed by atoms with Gasteiger partial charge in [0.2, 0.25) is 0 Å². The highest BCUT2D eigenvalue weighted by molar-refractivity contribution is 5.35. The normalized spacial score (nSPS) is 10.7. The van der Waals surface area contributed by atoms with Crippen LogP contribution in [0.1, 0.15) is 5.56 Å². The van der Waals surface area contributed by atoms with Crippen molar-refractivity contribution >= 4 is 0 Å². The molecule has 7 heteroatoms. The van der Waals surface area contributed by atoms with Gasteiger partial charge in [-0.3, -0.25) is 0 Å². The first-order valence-corrected chi connectivity index (χ1v) is 4.35. The van der Waals surface area contributed by atoms with E-state index in [4.69, 9.17) is 10.3 Å². The van der Waals surface area contributed by atoms with E-state index < -0.39 is 11.7 Å². The van der Waals surface area contributed by atoms with Gasteiger partial charge in [-0.2, -0.15) is 13.2 Å². The number of hydrogen-bond donors (Lipinski definition) is 0. The van der Waals surface area contributed by atoms with Crippen LogP contribution in [0.25, 0.3) is 10.4 Å². The molecule has 0 aromatic heterocycles. The Morgan fingerprint density at radius 3 is 2.62 bits per heavy atom. The number of ether oxygens (including phenoxy) is 1. The number of rotatable bonds is 4. The maximum atomic E-state index is 12.5. The molecule has 16 heavy (non-hydrogen) atoms. The van der Waals surface area contributed by atoms with Gasteiger partial charge < -0.3 is 4.74 Å². The number of hydrogen-bond acceptors (Lipinski definition) is 2. The van der Waals surface area contributed by atoms with E-state index in [0.29, 0.717) is 0 Å². The molecule has 0 unspecified atom stereocenters. The van der Waals surface area contributed by atoms with Crippen LogP contribution >= 0.6 is 0 Å². The van der Waals surface area contributed by atoms with Crippen LogP contribution in [0.2, 0.25) is 0 Å². The zero-order valence-corrected chi connectivity index (χ0v) is 8.11. The Morgan fingerprint density at radius 1 is 1.31 bits per heavy atom. The van der Waals surface area contributed by atoms with Gasteiger partial charge >= 0.3 is 6.18 Å². The molecule has 0 heterocycles. The van der Waals surface area contributed by atoms with Crippen molar-refractivity contribution in [2.24, 2.45) is 5.11 Å². The fourth-order valence-electron chi connectivity index (χ4n) is 1.07. The van der Waals surface area contributed by atoms with Crippen LogP contribution in [0.5, 0.6) is 5.75 Å². The smallest absolute Gasteiger partial charge is 0.419 e. The lowest BCUT2D eigenvalue weighted by atomic mass is 10.2. The van der Waals surface area contributed by atoms with E-state index >= 15 is 0 Å². The van der Waals surface area contributed by atoms with Gasteiger partial charge in [-0.05, 0) is 17.7 Å². The number of nitrogens with zero attached hydrogens (tertiary/aromatic N) is 3. The fourth-order valence-corrected chi connectivity index (χ4v) is 1.07. The summed E-state index contributed by atoms with van der Waals surface area (Å²) in [4.78, 5) is 2.46. The quantitative estimate of drug-likeness (QED) is 0.339. The predicted molar refractivity (Wildman–Crippen MR) is 51.0 cm³/mol. The predicted octanol–water partition coefficient (Wildman–Crippen LogP) is 3.39. The molecule has 0 aliphatic heterocycles. The molecular formula is C9H8F3N3O. The van der Waals surface area contributed by atoms with Gasteiger partial charge in [-0.1, -0.05) is 17.2 Å². The van der Waals surface area contributed by atoms with Gasteiger partial charge in [0.1, 0.15) is 5.75 Å². The number of azide groups is 1. The second-order valence-corrected chi connectivity index (χ2v) is 2.80. The van der Waals surface area contributed by atoms with Crippen LogP contribution in [0.4, 0.5) is 13.2 Å². The average Bonchev–Trinajstić information content (AvgIpc) is 2.24. The van der Waals surface area contributed by atoms with Gasteiger partial charge in [0.15, 0.2) is 0 Å². The largest absolute Gasteiger partial charge is 0.493 e. The first kappa shape index (κ1) is 12.2. The first-order chi connectivity index (χ1) is 7.55. The van der Waals surface area contributed by atoms with Crippen molar-refractivity contribution in [2.45, 2.75) is 6.18 Å². The molecule has 0 bridgehead atoms. The second-order valence-electron chi connectivity index (χ2n) is 2.80. The van der Waals surface area contributed by atoms with E-state index in [-0.39, 0.29) is 18.9 Å². The van der Waals surface area contributed by atoms with Crippen molar-refractivity contribution in [3.63, 3.8) is 0 Å². The third-order valence-electron chi connectivity index (χ3n) is 1.70. The minimum atomic E-state index is -4.45. The molecule has 1 aromatic rings. The van der Waals surface area contributed by atoms with Crippen LogP contribution < -0.4 is 4.74 Å². The van der Waals surface area contributed by atoms with Crippen molar-refractivity contribution < 1.29 is 17.9 Å². The molecule has 86 valence electrons. The number of benzene rings is 1. The van der Waals surface area contributed by atoms with E-state index in [0.717, 1.165) is 6.07 Å². The third kappa shape index (κ3) is 3.36. The molecule has 0 aliphatic carbocycles. The van der Waals surface area contributed by atoms with E-state index in [9.17, 15) is 13.2 Å². The average molecular weight is 231 g/mol. The van der Waals surface area contributed by atoms with Crippen molar-refractivity contribution in [1.29, 1.82) is 0 Å². The van der Waals surface area contributed by atoms with Crippen molar-refractivity contribution in [3.05, 3.63) is 40.3 Å². The highest BCUT2D eigenvalue weighted by Gasteiger charge is 2.33. The summed E-state index contributed by atoms with van der Waals surface area (Å²) in [6, 6.07) is 4.88. The lowest BCUT2D eigenvalue weighted by Gasteiger charge is -2.12. The molecule has 0 amide bonds. The summed E-state index contributed by atoms with van der Waals surface area (Å²) < 4.78 is 42.3. The van der Waals surface area contributed by atoms with E-state index in [1.807, 2.05) is 0 Å². The van der Waals surface area contributed by atoms with Crippen LogP contribution in [-0.2, 0) is 6.18 Å². The number of alkyl halides is 3. The number of para-hydroxylation sites is 1. The van der Waals surface area contributed by atoms with Gasteiger partial charge in [0.25, 0.3) is 0 Å². The summed E-state index contributed by atoms with van der Waals surface area (Å²) >= 11 is 0. The Hall–Kier alpha value is -1.88. The zero-order chi connectivity index (χ0) is 12.0. The topological polar surface area (TPSA) is 58.0 Å².